The Balaban J connectivity index is 2.63. The number of aliphatic hydroxyl groups excluding tert-OH is 1. The monoisotopic (exact) mass is 280 g/mol. The van der Waals surface area contributed by atoms with Crippen LogP contribution in [0.5, 0.6) is 0 Å². The molecule has 1 unspecified atom stereocenters. The van der Waals surface area contributed by atoms with Crippen molar-refractivity contribution in [3.8, 4) is 0 Å². The van der Waals surface area contributed by atoms with E-state index < -0.39 is 24.0 Å². The van der Waals surface area contributed by atoms with E-state index >= 15 is 0 Å². The molecule has 0 aliphatic rings. The molecule has 20 heavy (non-hydrogen) atoms. The molecule has 0 bridgehead atoms. The maximum atomic E-state index is 11.9. The first kappa shape index (κ1) is 16.1. The van der Waals surface area contributed by atoms with Crippen molar-refractivity contribution in [3.63, 3.8) is 0 Å². The van der Waals surface area contributed by atoms with E-state index in [0.717, 1.165) is 5.56 Å². The van der Waals surface area contributed by atoms with E-state index in [1.165, 1.54) is 0 Å². The third kappa shape index (κ3) is 4.99. The van der Waals surface area contributed by atoms with Gasteiger partial charge in [-0.2, -0.15) is 0 Å². The predicted octanol–water partition coefficient (Wildman–Crippen LogP) is 0.278. The van der Waals surface area contributed by atoms with Crippen molar-refractivity contribution in [1.29, 1.82) is 0 Å². The number of rotatable bonds is 7. The molecule has 0 spiro atoms. The Bertz CT molecular complexity index is 459. The number of carbonyl (C=O) groups excluding carboxylic acids is 1. The molecule has 0 saturated carbocycles. The topological polar surface area (TPSA) is 113 Å². The van der Waals surface area contributed by atoms with Crippen LogP contribution in [0, 0.1) is 6.92 Å². The third-order valence-electron chi connectivity index (χ3n) is 2.98. The molecule has 0 saturated heterocycles. The van der Waals surface area contributed by atoms with Crippen LogP contribution in [0.1, 0.15) is 28.8 Å². The lowest BCUT2D eigenvalue weighted by molar-refractivity contribution is -0.139. The third-order valence-corrected chi connectivity index (χ3v) is 2.98. The van der Waals surface area contributed by atoms with Gasteiger partial charge in [-0.05, 0) is 31.9 Å². The van der Waals surface area contributed by atoms with Crippen LogP contribution in [0.25, 0.3) is 0 Å². The standard InChI is InChI=1S/C14H20N2O4/c1-9-2-4-10(5-3-9)13(18)16-12(14(19)20)7-6-11(17)8-15/h2-5,11-12,17H,6-8,15H2,1H3,(H,16,18)(H,19,20)/t11?,12-/m0/s1. The summed E-state index contributed by atoms with van der Waals surface area (Å²) < 4.78 is 0. The summed E-state index contributed by atoms with van der Waals surface area (Å²) in [5.41, 5.74) is 6.68. The fraction of sp³-hybridized carbons (Fsp3) is 0.429. The highest BCUT2D eigenvalue weighted by Crippen LogP contribution is 2.06. The summed E-state index contributed by atoms with van der Waals surface area (Å²) in [4.78, 5) is 23.0. The van der Waals surface area contributed by atoms with Gasteiger partial charge in [-0.1, -0.05) is 17.7 Å². The molecule has 0 radical (unpaired) electrons. The van der Waals surface area contributed by atoms with Gasteiger partial charge < -0.3 is 21.3 Å². The Morgan fingerprint density at radius 2 is 1.85 bits per heavy atom. The SMILES string of the molecule is Cc1ccc(C(=O)N[C@@H](CCC(O)CN)C(=O)O)cc1. The van der Waals surface area contributed by atoms with Crippen LogP contribution in [0.3, 0.4) is 0 Å². The molecular formula is C14H20N2O4. The number of carboxylic acid groups (broad SMARTS) is 1. The van der Waals surface area contributed by atoms with Gasteiger partial charge in [-0.25, -0.2) is 4.79 Å². The van der Waals surface area contributed by atoms with Crippen molar-refractivity contribution in [2.75, 3.05) is 6.54 Å². The van der Waals surface area contributed by atoms with Gasteiger partial charge in [-0.15, -0.1) is 0 Å². The first-order chi connectivity index (χ1) is 9.43. The van der Waals surface area contributed by atoms with Crippen LogP contribution in [-0.4, -0.2) is 40.8 Å². The molecule has 6 heteroatoms. The lowest BCUT2D eigenvalue weighted by Crippen LogP contribution is -2.41. The zero-order valence-corrected chi connectivity index (χ0v) is 11.4. The van der Waals surface area contributed by atoms with Crippen molar-refractivity contribution < 1.29 is 19.8 Å². The summed E-state index contributed by atoms with van der Waals surface area (Å²) in [6.45, 7) is 1.97. The van der Waals surface area contributed by atoms with Crippen LogP contribution < -0.4 is 11.1 Å². The highest BCUT2D eigenvalue weighted by Gasteiger charge is 2.21. The number of benzene rings is 1. The molecule has 1 aromatic rings. The van der Waals surface area contributed by atoms with Gasteiger partial charge in [0.15, 0.2) is 0 Å². The van der Waals surface area contributed by atoms with Crippen LogP contribution >= 0.6 is 0 Å². The number of carbonyl (C=O) groups is 2. The Morgan fingerprint density at radius 3 is 2.35 bits per heavy atom. The summed E-state index contributed by atoms with van der Waals surface area (Å²) in [6, 6.07) is 5.80. The molecule has 0 fully saturated rings. The first-order valence-electron chi connectivity index (χ1n) is 6.42. The zero-order valence-electron chi connectivity index (χ0n) is 11.4. The summed E-state index contributed by atoms with van der Waals surface area (Å²) in [5.74, 6) is -1.57. The fourth-order valence-corrected chi connectivity index (χ4v) is 1.68. The smallest absolute Gasteiger partial charge is 0.326 e. The first-order valence-corrected chi connectivity index (χ1v) is 6.42. The minimum Gasteiger partial charge on any atom is -0.480 e. The minimum atomic E-state index is -1.13. The molecule has 0 aliphatic carbocycles. The van der Waals surface area contributed by atoms with Crippen molar-refractivity contribution >= 4 is 11.9 Å². The van der Waals surface area contributed by atoms with Gasteiger partial charge in [0, 0.05) is 12.1 Å². The number of aryl methyl sites for hydroxylation is 1. The number of hydrogen-bond acceptors (Lipinski definition) is 4. The Morgan fingerprint density at radius 1 is 1.25 bits per heavy atom. The zero-order chi connectivity index (χ0) is 15.1. The lowest BCUT2D eigenvalue weighted by Gasteiger charge is -2.16. The summed E-state index contributed by atoms with van der Waals surface area (Å²) >= 11 is 0. The van der Waals surface area contributed by atoms with Crippen molar-refractivity contribution in [2.45, 2.75) is 31.9 Å². The molecule has 0 aliphatic heterocycles. The average molecular weight is 280 g/mol. The minimum absolute atomic E-state index is 0.0677. The lowest BCUT2D eigenvalue weighted by atomic mass is 10.1. The van der Waals surface area contributed by atoms with E-state index in [0.29, 0.717) is 5.56 Å². The van der Waals surface area contributed by atoms with Gasteiger partial charge in [0.25, 0.3) is 5.91 Å². The number of hydrogen-bond donors (Lipinski definition) is 4. The van der Waals surface area contributed by atoms with E-state index in [-0.39, 0.29) is 19.4 Å². The summed E-state index contributed by atoms with van der Waals surface area (Å²) in [6.07, 6.45) is -0.402. The number of nitrogens with one attached hydrogen (secondary N) is 1. The second-order valence-electron chi connectivity index (χ2n) is 4.70. The second kappa shape index (κ2) is 7.62. The molecule has 1 rings (SSSR count). The quantitative estimate of drug-likeness (QED) is 0.573. The number of nitrogens with two attached hydrogens (primary N) is 1. The van der Waals surface area contributed by atoms with Gasteiger partial charge in [-0.3, -0.25) is 4.79 Å². The van der Waals surface area contributed by atoms with Crippen LogP contribution in [0.15, 0.2) is 24.3 Å². The van der Waals surface area contributed by atoms with Gasteiger partial charge in [0.1, 0.15) is 6.04 Å². The van der Waals surface area contributed by atoms with Gasteiger partial charge in [0.2, 0.25) is 0 Å². The van der Waals surface area contributed by atoms with E-state index in [2.05, 4.69) is 5.32 Å². The molecule has 1 amide bonds. The van der Waals surface area contributed by atoms with E-state index in [1.807, 2.05) is 6.92 Å². The number of amides is 1. The van der Waals surface area contributed by atoms with Crippen molar-refractivity contribution in [2.24, 2.45) is 5.73 Å². The van der Waals surface area contributed by atoms with Crippen molar-refractivity contribution in [3.05, 3.63) is 35.4 Å². The highest BCUT2D eigenvalue weighted by atomic mass is 16.4. The molecular weight excluding hydrogens is 260 g/mol. The molecule has 0 heterocycles. The predicted molar refractivity (Wildman–Crippen MR) is 74.4 cm³/mol. The van der Waals surface area contributed by atoms with E-state index in [9.17, 15) is 14.7 Å². The largest absolute Gasteiger partial charge is 0.480 e. The molecule has 110 valence electrons. The van der Waals surface area contributed by atoms with Crippen LogP contribution in [0.4, 0.5) is 0 Å². The summed E-state index contributed by atoms with van der Waals surface area (Å²) in [7, 11) is 0. The molecule has 5 N–H and O–H groups in total. The molecule has 1 aromatic carbocycles. The fourth-order valence-electron chi connectivity index (χ4n) is 1.68. The Labute approximate surface area is 117 Å². The average Bonchev–Trinajstić information content (AvgIpc) is 2.43. The number of aliphatic hydroxyl groups is 1. The molecule has 0 aromatic heterocycles. The second-order valence-corrected chi connectivity index (χ2v) is 4.70. The maximum Gasteiger partial charge on any atom is 0.326 e. The maximum absolute atomic E-state index is 11.9. The number of aliphatic carboxylic acids is 1. The van der Waals surface area contributed by atoms with E-state index in [1.54, 1.807) is 24.3 Å². The molecule has 2 atom stereocenters. The molecule has 6 nitrogen and oxygen atoms in total. The normalized spacial score (nSPS) is 13.6. The Hall–Kier alpha value is -1.92. The van der Waals surface area contributed by atoms with Gasteiger partial charge in [0.05, 0.1) is 6.10 Å². The summed E-state index contributed by atoms with van der Waals surface area (Å²) in [5, 5.41) is 20.9. The van der Waals surface area contributed by atoms with E-state index in [4.69, 9.17) is 10.8 Å². The van der Waals surface area contributed by atoms with Crippen LogP contribution in [0.2, 0.25) is 0 Å². The van der Waals surface area contributed by atoms with Crippen LogP contribution in [-0.2, 0) is 4.79 Å². The van der Waals surface area contributed by atoms with Crippen molar-refractivity contribution in [1.82, 2.24) is 5.32 Å². The highest BCUT2D eigenvalue weighted by molar-refractivity contribution is 5.96. The number of carboxylic acids is 1. The Kier molecular flexibility index (Phi) is 6.14. The van der Waals surface area contributed by atoms with Gasteiger partial charge >= 0.3 is 5.97 Å².